The van der Waals surface area contributed by atoms with E-state index in [2.05, 4.69) is 6.92 Å². The number of hydrogen-bond donors (Lipinski definition) is 0. The van der Waals surface area contributed by atoms with Crippen LogP contribution < -0.4 is 0 Å². The number of rotatable bonds is 7. The van der Waals surface area contributed by atoms with Gasteiger partial charge in [-0.25, -0.2) is 0 Å². The molecule has 5 heteroatoms. The molecule has 0 aromatic heterocycles. The van der Waals surface area contributed by atoms with E-state index < -0.39 is 0 Å². The summed E-state index contributed by atoms with van der Waals surface area (Å²) in [4.78, 5) is 24.2. The summed E-state index contributed by atoms with van der Waals surface area (Å²) in [6.07, 6.45) is 5.38. The molecule has 0 saturated heterocycles. The number of hydrogen-bond acceptors (Lipinski definition) is 4. The van der Waals surface area contributed by atoms with Gasteiger partial charge in [-0.2, -0.15) is 0 Å². The maximum absolute atomic E-state index is 12.1. The second-order valence-electron chi connectivity index (χ2n) is 5.50. The van der Waals surface area contributed by atoms with Gasteiger partial charge in [0.25, 0.3) is 0 Å². The lowest BCUT2D eigenvalue weighted by Crippen LogP contribution is -2.36. The zero-order valence-electron chi connectivity index (χ0n) is 12.8. The molecule has 0 heterocycles. The molecule has 0 radical (unpaired) electrons. The first-order valence-electron chi connectivity index (χ1n) is 7.64. The van der Waals surface area contributed by atoms with Crippen molar-refractivity contribution in [2.45, 2.75) is 52.6 Å². The van der Waals surface area contributed by atoms with Crippen LogP contribution in [-0.2, 0) is 19.1 Å². The van der Waals surface area contributed by atoms with Crippen LogP contribution in [0.1, 0.15) is 46.5 Å². The van der Waals surface area contributed by atoms with Crippen molar-refractivity contribution >= 4 is 20.5 Å². The lowest BCUT2D eigenvalue weighted by Gasteiger charge is -2.28. The molecule has 3 atom stereocenters. The number of esters is 2. The predicted molar refractivity (Wildman–Crippen MR) is 81.4 cm³/mol. The highest BCUT2D eigenvalue weighted by Crippen LogP contribution is 2.32. The molecule has 1 rings (SSSR count). The molecule has 1 aliphatic rings. The van der Waals surface area contributed by atoms with Crippen LogP contribution in [0.25, 0.3) is 0 Å². The Bertz CT molecular complexity index is 317. The van der Waals surface area contributed by atoms with Crippen LogP contribution >= 0.6 is 8.58 Å². The maximum Gasteiger partial charge on any atom is 0.310 e. The molecule has 0 aromatic rings. The van der Waals surface area contributed by atoms with Crippen molar-refractivity contribution in [2.75, 3.05) is 18.9 Å². The van der Waals surface area contributed by atoms with Crippen molar-refractivity contribution in [3.05, 3.63) is 0 Å². The topological polar surface area (TPSA) is 52.6 Å². The normalized spacial score (nSPS) is 23.2. The molecule has 1 fully saturated rings. The number of carbonyl (C=O) groups is 2. The highest BCUT2D eigenvalue weighted by atomic mass is 31.1. The Hall–Kier alpha value is -0.630. The summed E-state index contributed by atoms with van der Waals surface area (Å²) in [5.41, 5.74) is 0. The molecule has 0 amide bonds. The third kappa shape index (κ3) is 5.78. The van der Waals surface area contributed by atoms with Gasteiger partial charge in [0.05, 0.1) is 24.5 Å². The standard InChI is InChI=1S/C15H27O4P/c1-4-20-10-9-18-14(16)12-7-5-6-8-13(12)15(17)19-11(2)3/h11-13,20H,4-10H2,1-3H3. The lowest BCUT2D eigenvalue weighted by molar-refractivity contribution is -0.164. The molecule has 0 N–H and O–H groups in total. The highest BCUT2D eigenvalue weighted by molar-refractivity contribution is 7.37. The van der Waals surface area contributed by atoms with Gasteiger partial charge in [-0.3, -0.25) is 9.59 Å². The Labute approximate surface area is 123 Å². The monoisotopic (exact) mass is 302 g/mol. The lowest BCUT2D eigenvalue weighted by atomic mass is 9.79. The van der Waals surface area contributed by atoms with Crippen LogP contribution in [0.3, 0.4) is 0 Å². The summed E-state index contributed by atoms with van der Waals surface area (Å²) >= 11 is 0. The van der Waals surface area contributed by atoms with Crippen LogP contribution in [0.2, 0.25) is 0 Å². The summed E-state index contributed by atoms with van der Waals surface area (Å²) in [5.74, 6) is -1.07. The maximum atomic E-state index is 12.1. The molecule has 0 aromatic carbocycles. The summed E-state index contributed by atoms with van der Waals surface area (Å²) in [7, 11) is 0.841. The number of carbonyl (C=O) groups excluding carboxylic acids is 2. The van der Waals surface area contributed by atoms with E-state index in [0.717, 1.165) is 46.6 Å². The van der Waals surface area contributed by atoms with Crippen molar-refractivity contribution in [3.8, 4) is 0 Å². The molecule has 1 saturated carbocycles. The summed E-state index contributed by atoms with van der Waals surface area (Å²) < 4.78 is 10.6. The third-order valence-corrected chi connectivity index (χ3v) is 4.55. The first-order chi connectivity index (χ1) is 9.56. The van der Waals surface area contributed by atoms with E-state index in [-0.39, 0.29) is 29.9 Å². The minimum Gasteiger partial charge on any atom is -0.465 e. The quantitative estimate of drug-likeness (QED) is 0.412. The molecule has 1 aliphatic carbocycles. The molecule has 3 unspecified atom stereocenters. The van der Waals surface area contributed by atoms with Gasteiger partial charge in [0, 0.05) is 0 Å². The Morgan fingerprint density at radius 2 is 1.75 bits per heavy atom. The van der Waals surface area contributed by atoms with Crippen molar-refractivity contribution in [1.82, 2.24) is 0 Å². The largest absolute Gasteiger partial charge is 0.465 e. The fourth-order valence-electron chi connectivity index (χ4n) is 2.52. The van der Waals surface area contributed by atoms with Crippen LogP contribution in [-0.4, -0.2) is 37.0 Å². The average molecular weight is 302 g/mol. The van der Waals surface area contributed by atoms with Crippen molar-refractivity contribution in [1.29, 1.82) is 0 Å². The van der Waals surface area contributed by atoms with E-state index in [0.29, 0.717) is 6.61 Å². The van der Waals surface area contributed by atoms with E-state index in [9.17, 15) is 9.59 Å². The van der Waals surface area contributed by atoms with E-state index in [1.807, 2.05) is 13.8 Å². The van der Waals surface area contributed by atoms with Gasteiger partial charge in [-0.1, -0.05) is 19.8 Å². The van der Waals surface area contributed by atoms with Gasteiger partial charge in [0.1, 0.15) is 0 Å². The summed E-state index contributed by atoms with van der Waals surface area (Å²) in [5, 5.41) is 0. The highest BCUT2D eigenvalue weighted by Gasteiger charge is 2.38. The van der Waals surface area contributed by atoms with E-state index >= 15 is 0 Å². The molecule has 0 bridgehead atoms. The molecule has 0 aliphatic heterocycles. The van der Waals surface area contributed by atoms with E-state index in [4.69, 9.17) is 9.47 Å². The van der Waals surface area contributed by atoms with E-state index in [1.165, 1.54) is 0 Å². The van der Waals surface area contributed by atoms with Gasteiger partial charge in [0.2, 0.25) is 0 Å². The summed E-state index contributed by atoms with van der Waals surface area (Å²) in [6, 6.07) is 0. The smallest absolute Gasteiger partial charge is 0.310 e. The van der Waals surface area contributed by atoms with Crippen LogP contribution in [0.15, 0.2) is 0 Å². The molecule has 116 valence electrons. The van der Waals surface area contributed by atoms with Gasteiger partial charge in [-0.15, -0.1) is 8.58 Å². The SMILES string of the molecule is CCPCCOC(=O)C1CCCCC1C(=O)OC(C)C. The molecular weight excluding hydrogens is 275 g/mol. The Balaban J connectivity index is 2.50. The van der Waals surface area contributed by atoms with E-state index in [1.54, 1.807) is 0 Å². The zero-order chi connectivity index (χ0) is 15.0. The van der Waals surface area contributed by atoms with Crippen LogP contribution in [0.4, 0.5) is 0 Å². The van der Waals surface area contributed by atoms with Gasteiger partial charge in [-0.05, 0) is 39.0 Å². The van der Waals surface area contributed by atoms with Crippen LogP contribution in [0, 0.1) is 11.8 Å². The van der Waals surface area contributed by atoms with Gasteiger partial charge >= 0.3 is 11.9 Å². The first kappa shape index (κ1) is 17.4. The summed E-state index contributed by atoms with van der Waals surface area (Å²) in [6.45, 7) is 6.27. The molecule has 20 heavy (non-hydrogen) atoms. The average Bonchev–Trinajstić information content (AvgIpc) is 2.42. The van der Waals surface area contributed by atoms with Gasteiger partial charge in [0.15, 0.2) is 0 Å². The van der Waals surface area contributed by atoms with Crippen LogP contribution in [0.5, 0.6) is 0 Å². The second kappa shape index (κ2) is 9.33. The number of ether oxygens (including phenoxy) is 2. The fourth-order valence-corrected chi connectivity index (χ4v) is 3.12. The Morgan fingerprint density at radius 3 is 2.30 bits per heavy atom. The zero-order valence-corrected chi connectivity index (χ0v) is 13.8. The third-order valence-electron chi connectivity index (χ3n) is 3.50. The van der Waals surface area contributed by atoms with Crippen molar-refractivity contribution in [2.24, 2.45) is 11.8 Å². The molecule has 0 spiro atoms. The molecular formula is C15H27O4P. The van der Waals surface area contributed by atoms with Crippen molar-refractivity contribution < 1.29 is 19.1 Å². The first-order valence-corrected chi connectivity index (χ1v) is 9.05. The van der Waals surface area contributed by atoms with Gasteiger partial charge < -0.3 is 9.47 Å². The Morgan fingerprint density at radius 1 is 1.15 bits per heavy atom. The minimum absolute atomic E-state index is 0.133. The van der Waals surface area contributed by atoms with Crippen molar-refractivity contribution in [3.63, 3.8) is 0 Å². The predicted octanol–water partition coefficient (Wildman–Crippen LogP) is 2.99. The minimum atomic E-state index is -0.313. The molecule has 4 nitrogen and oxygen atoms in total. The second-order valence-corrected chi connectivity index (χ2v) is 7.21. The Kier molecular flexibility index (Phi) is 8.13. The fraction of sp³-hybridized carbons (Fsp3) is 0.867.